The van der Waals surface area contributed by atoms with E-state index >= 15 is 0 Å². The number of aromatic hydroxyl groups is 1. The van der Waals surface area contributed by atoms with Crippen LogP contribution in [0.5, 0.6) is 17.2 Å². The Kier molecular flexibility index (Phi) is 15.3. The van der Waals surface area contributed by atoms with Gasteiger partial charge in [-0.1, -0.05) is 6.07 Å². The summed E-state index contributed by atoms with van der Waals surface area (Å²) in [5.41, 5.74) is 1.64. The number of rotatable bonds is 19. The third-order valence-electron chi connectivity index (χ3n) is 6.26. The van der Waals surface area contributed by atoms with Crippen LogP contribution in [0.4, 0.5) is 11.4 Å². The van der Waals surface area contributed by atoms with Gasteiger partial charge in [0.2, 0.25) is 0 Å². The molecule has 2 rings (SSSR count). The van der Waals surface area contributed by atoms with Crippen LogP contribution in [0.3, 0.4) is 0 Å². The van der Waals surface area contributed by atoms with Gasteiger partial charge in [-0.3, -0.25) is 14.4 Å². The summed E-state index contributed by atoms with van der Waals surface area (Å²) in [5, 5.41) is 10.3. The Balaban J connectivity index is 2.29. The number of carbonyl (C=O) groups excluding carboxylic acids is 4. The molecular formula is C32H44N2O11. The molecule has 0 aliphatic heterocycles. The molecule has 0 aromatic heterocycles. The lowest BCUT2D eigenvalue weighted by Crippen LogP contribution is -2.44. The minimum atomic E-state index is -0.908. The summed E-state index contributed by atoms with van der Waals surface area (Å²) in [6.07, 6.45) is 0. The van der Waals surface area contributed by atoms with Crippen LogP contribution in [-0.2, 0) is 38.1 Å². The van der Waals surface area contributed by atoms with Gasteiger partial charge in [0.25, 0.3) is 0 Å². The van der Waals surface area contributed by atoms with Crippen molar-refractivity contribution in [3.05, 3.63) is 42.0 Å². The Morgan fingerprint density at radius 2 is 1.22 bits per heavy atom. The van der Waals surface area contributed by atoms with Crippen molar-refractivity contribution in [2.45, 2.75) is 47.6 Å². The molecule has 1 atom stereocenters. The highest BCUT2D eigenvalue weighted by molar-refractivity contribution is 5.85. The van der Waals surface area contributed by atoms with Gasteiger partial charge in [-0.2, -0.15) is 0 Å². The SMILES string of the molecule is CCOC(=O)CN(CC(=O)OCC)c1ccc(C)cc1OCCOc1ccc(O)cc1N(CC(=O)OCC)C(C)C(=O)OCC. The summed E-state index contributed by atoms with van der Waals surface area (Å²) < 4.78 is 32.5. The molecule has 0 amide bonds. The number of benzene rings is 2. The molecule has 0 spiro atoms. The Morgan fingerprint density at radius 1 is 0.689 bits per heavy atom. The van der Waals surface area contributed by atoms with Gasteiger partial charge in [-0.15, -0.1) is 0 Å². The van der Waals surface area contributed by atoms with Gasteiger partial charge in [0.15, 0.2) is 0 Å². The maximum absolute atomic E-state index is 12.6. The predicted octanol–water partition coefficient (Wildman–Crippen LogP) is 3.41. The standard InChI is InChI=1S/C32H44N2O11/c1-7-40-29(36)19-33(20-30(37)41-8-2)25-13-11-22(5)17-28(25)45-16-15-44-27-14-12-24(35)18-26(27)34(21-31(38)42-9-3)23(6)32(39)43-10-4/h11-14,17-18,23,35H,7-10,15-16,19-21H2,1-6H3. The largest absolute Gasteiger partial charge is 0.508 e. The molecule has 0 saturated heterocycles. The molecule has 13 heteroatoms. The van der Waals surface area contributed by atoms with E-state index in [9.17, 15) is 24.3 Å². The van der Waals surface area contributed by atoms with Crippen molar-refractivity contribution in [1.82, 2.24) is 0 Å². The second-order valence-corrected chi connectivity index (χ2v) is 9.65. The van der Waals surface area contributed by atoms with E-state index in [1.54, 1.807) is 46.8 Å². The van der Waals surface area contributed by atoms with Crippen LogP contribution in [0.15, 0.2) is 36.4 Å². The van der Waals surface area contributed by atoms with E-state index in [2.05, 4.69) is 0 Å². The first-order chi connectivity index (χ1) is 21.5. The first kappa shape index (κ1) is 36.5. The molecule has 0 fully saturated rings. The topological polar surface area (TPSA) is 150 Å². The molecule has 45 heavy (non-hydrogen) atoms. The monoisotopic (exact) mass is 632 g/mol. The third kappa shape index (κ3) is 11.7. The maximum atomic E-state index is 12.6. The van der Waals surface area contributed by atoms with Gasteiger partial charge in [0.1, 0.15) is 56.1 Å². The zero-order valence-electron chi connectivity index (χ0n) is 26.8. The Hall–Kier alpha value is -4.68. The van der Waals surface area contributed by atoms with Crippen molar-refractivity contribution in [1.29, 1.82) is 0 Å². The summed E-state index contributed by atoms with van der Waals surface area (Å²) in [5.74, 6) is -1.60. The number of ether oxygens (including phenoxy) is 6. The smallest absolute Gasteiger partial charge is 0.328 e. The highest BCUT2D eigenvalue weighted by atomic mass is 16.5. The van der Waals surface area contributed by atoms with Crippen LogP contribution in [0.1, 0.15) is 40.2 Å². The molecule has 13 nitrogen and oxygen atoms in total. The zero-order valence-corrected chi connectivity index (χ0v) is 26.8. The van der Waals surface area contributed by atoms with Crippen LogP contribution in [0, 0.1) is 6.92 Å². The van der Waals surface area contributed by atoms with Gasteiger partial charge in [-0.25, -0.2) is 4.79 Å². The van der Waals surface area contributed by atoms with Crippen molar-refractivity contribution in [2.24, 2.45) is 0 Å². The predicted molar refractivity (Wildman–Crippen MR) is 166 cm³/mol. The fourth-order valence-corrected chi connectivity index (χ4v) is 4.27. The van der Waals surface area contributed by atoms with Gasteiger partial charge >= 0.3 is 23.9 Å². The second kappa shape index (κ2) is 18.9. The molecule has 2 aromatic rings. The van der Waals surface area contributed by atoms with E-state index in [0.29, 0.717) is 11.4 Å². The molecular weight excluding hydrogens is 588 g/mol. The van der Waals surface area contributed by atoms with Crippen molar-refractivity contribution in [3.8, 4) is 17.2 Å². The Bertz CT molecular complexity index is 1260. The highest BCUT2D eigenvalue weighted by Gasteiger charge is 2.28. The number of phenolic OH excluding ortho intramolecular Hbond substituents is 1. The average Bonchev–Trinajstić information content (AvgIpc) is 2.98. The summed E-state index contributed by atoms with van der Waals surface area (Å²) in [7, 11) is 0. The minimum Gasteiger partial charge on any atom is -0.508 e. The van der Waals surface area contributed by atoms with Crippen molar-refractivity contribution < 1.29 is 52.7 Å². The van der Waals surface area contributed by atoms with Crippen LogP contribution in [0.2, 0.25) is 0 Å². The number of esters is 4. The molecule has 2 aromatic carbocycles. The molecule has 0 aliphatic carbocycles. The lowest BCUT2D eigenvalue weighted by Gasteiger charge is -2.30. The first-order valence-electron chi connectivity index (χ1n) is 14.9. The highest BCUT2D eigenvalue weighted by Crippen LogP contribution is 2.34. The van der Waals surface area contributed by atoms with E-state index in [1.165, 1.54) is 28.0 Å². The van der Waals surface area contributed by atoms with Crippen LogP contribution in [0.25, 0.3) is 0 Å². The number of aryl methyl sites for hydroxylation is 1. The summed E-state index contributed by atoms with van der Waals surface area (Å²) in [6, 6.07) is 8.74. The number of nitrogens with zero attached hydrogens (tertiary/aromatic N) is 2. The second-order valence-electron chi connectivity index (χ2n) is 9.65. The third-order valence-corrected chi connectivity index (χ3v) is 6.26. The molecule has 0 radical (unpaired) electrons. The van der Waals surface area contributed by atoms with Gasteiger partial charge in [0, 0.05) is 6.07 Å². The zero-order chi connectivity index (χ0) is 33.4. The minimum absolute atomic E-state index is 0.0158. The fourth-order valence-electron chi connectivity index (χ4n) is 4.27. The molecule has 1 unspecified atom stereocenters. The van der Waals surface area contributed by atoms with Crippen molar-refractivity contribution >= 4 is 35.3 Å². The number of carbonyl (C=O) groups is 4. The average molecular weight is 633 g/mol. The number of anilines is 2. The summed E-state index contributed by atoms with van der Waals surface area (Å²) >= 11 is 0. The van der Waals surface area contributed by atoms with Gasteiger partial charge < -0.3 is 43.3 Å². The summed E-state index contributed by atoms with van der Waals surface area (Å²) in [6.45, 7) is 10.2. The molecule has 1 N–H and O–H groups in total. The van der Waals surface area contributed by atoms with Crippen LogP contribution >= 0.6 is 0 Å². The first-order valence-corrected chi connectivity index (χ1v) is 14.9. The quantitative estimate of drug-likeness (QED) is 0.137. The van der Waals surface area contributed by atoms with Crippen molar-refractivity contribution in [3.63, 3.8) is 0 Å². The maximum Gasteiger partial charge on any atom is 0.328 e. The number of hydrogen-bond donors (Lipinski definition) is 1. The van der Waals surface area contributed by atoms with Crippen LogP contribution in [-0.4, -0.2) is 94.3 Å². The fraction of sp³-hybridized carbons (Fsp3) is 0.500. The summed E-state index contributed by atoms with van der Waals surface area (Å²) in [4.78, 5) is 52.7. The van der Waals surface area contributed by atoms with E-state index in [-0.39, 0.29) is 76.5 Å². The molecule has 0 bridgehead atoms. The van der Waals surface area contributed by atoms with Crippen LogP contribution < -0.4 is 19.3 Å². The van der Waals surface area contributed by atoms with Gasteiger partial charge in [0.05, 0.1) is 37.8 Å². The molecule has 0 saturated carbocycles. The Labute approximate surface area is 263 Å². The molecule has 0 aliphatic rings. The lowest BCUT2D eigenvalue weighted by molar-refractivity contribution is -0.145. The van der Waals surface area contributed by atoms with E-state index in [0.717, 1.165) is 5.56 Å². The number of hydrogen-bond acceptors (Lipinski definition) is 13. The van der Waals surface area contributed by atoms with E-state index in [4.69, 9.17) is 28.4 Å². The van der Waals surface area contributed by atoms with Crippen molar-refractivity contribution in [2.75, 3.05) is 69.1 Å². The van der Waals surface area contributed by atoms with E-state index < -0.39 is 29.9 Å². The normalized spacial score (nSPS) is 11.2. The van der Waals surface area contributed by atoms with Gasteiger partial charge in [-0.05, 0) is 71.4 Å². The van der Waals surface area contributed by atoms with E-state index in [1.807, 2.05) is 13.0 Å². The lowest BCUT2D eigenvalue weighted by atomic mass is 10.2. The Morgan fingerprint density at radius 3 is 1.78 bits per heavy atom. The molecule has 0 heterocycles. The number of phenols is 1. The molecule has 248 valence electrons.